The number of pyridine rings is 1. The van der Waals surface area contributed by atoms with Gasteiger partial charge in [-0.1, -0.05) is 42.8 Å². The number of nitrogens with zero attached hydrogens (tertiary/aromatic N) is 5. The Morgan fingerprint density at radius 2 is 1.97 bits per heavy atom. The van der Waals surface area contributed by atoms with Crippen molar-refractivity contribution in [1.29, 1.82) is 0 Å². The molecule has 1 N–H and O–H groups in total. The van der Waals surface area contributed by atoms with Crippen molar-refractivity contribution >= 4 is 10.9 Å². The zero-order chi connectivity index (χ0) is 26.6. The third kappa shape index (κ3) is 5.71. The SMILES string of the molecule is CC[C@@H](c1nnnn1C[C@@H]1CCCO1)N(CCc1ccccc1C)Cc1cc2cc(C)cc(C)c2[nH]c1=O. The summed E-state index contributed by atoms with van der Waals surface area (Å²) in [5.41, 5.74) is 6.47. The zero-order valence-electron chi connectivity index (χ0n) is 22.9. The molecule has 0 unspecified atom stereocenters. The molecule has 5 rings (SSSR count). The van der Waals surface area contributed by atoms with Crippen molar-refractivity contribution < 1.29 is 4.74 Å². The first kappa shape index (κ1) is 26.3. The second-order valence-electron chi connectivity index (χ2n) is 10.6. The molecule has 0 saturated carbocycles. The van der Waals surface area contributed by atoms with Gasteiger partial charge in [0.15, 0.2) is 5.82 Å². The fraction of sp³-hybridized carbons (Fsp3) is 0.467. The maximum absolute atomic E-state index is 13.3. The number of rotatable bonds is 10. The molecule has 8 heteroatoms. The smallest absolute Gasteiger partial charge is 0.252 e. The maximum Gasteiger partial charge on any atom is 0.252 e. The van der Waals surface area contributed by atoms with Gasteiger partial charge in [0.05, 0.1) is 24.2 Å². The first-order valence-corrected chi connectivity index (χ1v) is 13.7. The fourth-order valence-electron chi connectivity index (χ4n) is 5.73. The standard InChI is InChI=1S/C30H38N6O2/c1-5-27(29-32-33-34-36(29)19-26-11-8-14-38-26)35(13-12-23-10-7-6-9-21(23)3)18-25-17-24-16-20(2)15-22(4)28(24)31-30(25)37/h6-7,9-10,15-17,26-27H,5,8,11-14,18-19H2,1-4H3,(H,31,37)/t26-,27-/m0/s1. The minimum Gasteiger partial charge on any atom is -0.376 e. The number of hydrogen-bond acceptors (Lipinski definition) is 6. The van der Waals surface area contributed by atoms with Gasteiger partial charge in [0.25, 0.3) is 5.56 Å². The van der Waals surface area contributed by atoms with E-state index >= 15 is 0 Å². The minimum atomic E-state index is -0.0425. The monoisotopic (exact) mass is 514 g/mol. The number of nitrogens with one attached hydrogen (secondary N) is 1. The molecule has 0 amide bonds. The van der Waals surface area contributed by atoms with Crippen LogP contribution in [0.15, 0.2) is 47.3 Å². The lowest BCUT2D eigenvalue weighted by molar-refractivity contribution is 0.0893. The van der Waals surface area contributed by atoms with Gasteiger partial charge in [0, 0.05) is 25.3 Å². The molecule has 0 aliphatic carbocycles. The van der Waals surface area contributed by atoms with E-state index in [1.807, 2.05) is 11.6 Å². The fourth-order valence-corrected chi connectivity index (χ4v) is 5.73. The molecule has 3 heterocycles. The lowest BCUT2D eigenvalue weighted by Gasteiger charge is -2.30. The molecule has 1 fully saturated rings. The number of tetrazole rings is 1. The van der Waals surface area contributed by atoms with Crippen LogP contribution in [0.4, 0.5) is 0 Å². The Balaban J connectivity index is 1.49. The molecule has 2 atom stereocenters. The lowest BCUT2D eigenvalue weighted by atomic mass is 10.0. The van der Waals surface area contributed by atoms with Crippen LogP contribution in [0.5, 0.6) is 0 Å². The first-order valence-electron chi connectivity index (χ1n) is 13.7. The Hall–Kier alpha value is -3.36. The van der Waals surface area contributed by atoms with E-state index in [2.05, 4.69) is 88.6 Å². The summed E-state index contributed by atoms with van der Waals surface area (Å²) in [6.07, 6.45) is 3.94. The van der Waals surface area contributed by atoms with Gasteiger partial charge in [-0.3, -0.25) is 9.69 Å². The van der Waals surface area contributed by atoms with E-state index in [0.717, 1.165) is 66.7 Å². The van der Waals surface area contributed by atoms with Crippen LogP contribution >= 0.6 is 0 Å². The van der Waals surface area contributed by atoms with E-state index in [4.69, 9.17) is 4.74 Å². The van der Waals surface area contributed by atoms with Crippen molar-refractivity contribution in [3.63, 3.8) is 0 Å². The van der Waals surface area contributed by atoms with E-state index in [1.165, 1.54) is 16.7 Å². The second-order valence-corrected chi connectivity index (χ2v) is 10.6. The predicted octanol–water partition coefficient (Wildman–Crippen LogP) is 4.81. The third-order valence-electron chi connectivity index (χ3n) is 7.76. The highest BCUT2D eigenvalue weighted by Crippen LogP contribution is 2.27. The quantitative estimate of drug-likeness (QED) is 0.327. The molecular formula is C30H38N6O2. The molecular weight excluding hydrogens is 476 g/mol. The summed E-state index contributed by atoms with van der Waals surface area (Å²) in [6, 6.07) is 14.8. The number of aromatic nitrogens is 5. The number of fused-ring (bicyclic) bond motifs is 1. The topological polar surface area (TPSA) is 88.9 Å². The molecule has 4 aromatic rings. The Bertz CT molecular complexity index is 1450. The summed E-state index contributed by atoms with van der Waals surface area (Å²) >= 11 is 0. The van der Waals surface area contributed by atoms with Crippen molar-refractivity contribution in [1.82, 2.24) is 30.1 Å². The van der Waals surface area contributed by atoms with Gasteiger partial charge < -0.3 is 9.72 Å². The molecule has 1 saturated heterocycles. The van der Waals surface area contributed by atoms with Gasteiger partial charge in [-0.15, -0.1) is 5.10 Å². The van der Waals surface area contributed by atoms with Crippen molar-refractivity contribution in [2.24, 2.45) is 0 Å². The van der Waals surface area contributed by atoms with Crippen molar-refractivity contribution in [3.05, 3.63) is 86.5 Å². The molecule has 1 aliphatic rings. The van der Waals surface area contributed by atoms with Crippen LogP contribution in [0.25, 0.3) is 10.9 Å². The number of aromatic amines is 1. The largest absolute Gasteiger partial charge is 0.376 e. The van der Waals surface area contributed by atoms with Crippen LogP contribution in [0.3, 0.4) is 0 Å². The van der Waals surface area contributed by atoms with E-state index in [-0.39, 0.29) is 17.7 Å². The average molecular weight is 515 g/mol. The van der Waals surface area contributed by atoms with Crippen molar-refractivity contribution in [2.75, 3.05) is 13.2 Å². The highest BCUT2D eigenvalue weighted by molar-refractivity contribution is 5.82. The Morgan fingerprint density at radius 1 is 1.13 bits per heavy atom. The van der Waals surface area contributed by atoms with Crippen molar-refractivity contribution in [2.45, 2.75) is 78.6 Å². The Kier molecular flexibility index (Phi) is 8.00. The molecule has 200 valence electrons. The van der Waals surface area contributed by atoms with Gasteiger partial charge in [-0.25, -0.2) is 4.68 Å². The van der Waals surface area contributed by atoms with Gasteiger partial charge in [-0.05, 0) is 91.1 Å². The third-order valence-corrected chi connectivity index (χ3v) is 7.76. The average Bonchev–Trinajstić information content (AvgIpc) is 3.57. The second kappa shape index (κ2) is 11.6. The van der Waals surface area contributed by atoms with Gasteiger partial charge in [0.2, 0.25) is 0 Å². The molecule has 0 spiro atoms. The van der Waals surface area contributed by atoms with E-state index in [0.29, 0.717) is 13.1 Å². The summed E-state index contributed by atoms with van der Waals surface area (Å²) in [5, 5.41) is 13.9. The normalized spacial score (nSPS) is 16.5. The number of ether oxygens (including phenoxy) is 1. The molecule has 38 heavy (non-hydrogen) atoms. The van der Waals surface area contributed by atoms with Crippen LogP contribution in [0, 0.1) is 20.8 Å². The Labute approximate surface area is 224 Å². The summed E-state index contributed by atoms with van der Waals surface area (Å²) in [6.45, 7) is 11.2. The first-order chi connectivity index (χ1) is 18.4. The van der Waals surface area contributed by atoms with Crippen LogP contribution in [-0.4, -0.2) is 49.3 Å². The molecule has 0 radical (unpaired) electrons. The van der Waals surface area contributed by atoms with Crippen LogP contribution in [0.2, 0.25) is 0 Å². The highest BCUT2D eigenvalue weighted by atomic mass is 16.5. The molecule has 0 bridgehead atoms. The van der Waals surface area contributed by atoms with Crippen LogP contribution in [0.1, 0.15) is 65.9 Å². The van der Waals surface area contributed by atoms with Gasteiger partial charge >= 0.3 is 0 Å². The van der Waals surface area contributed by atoms with Crippen LogP contribution < -0.4 is 5.56 Å². The maximum atomic E-state index is 13.3. The number of benzene rings is 2. The summed E-state index contributed by atoms with van der Waals surface area (Å²) in [7, 11) is 0. The molecule has 1 aliphatic heterocycles. The minimum absolute atomic E-state index is 0.0373. The summed E-state index contributed by atoms with van der Waals surface area (Å²) < 4.78 is 7.77. The van der Waals surface area contributed by atoms with Gasteiger partial charge in [-0.2, -0.15) is 0 Å². The zero-order valence-corrected chi connectivity index (χ0v) is 22.9. The Morgan fingerprint density at radius 3 is 2.74 bits per heavy atom. The summed E-state index contributed by atoms with van der Waals surface area (Å²) in [4.78, 5) is 18.8. The van der Waals surface area contributed by atoms with Crippen molar-refractivity contribution in [3.8, 4) is 0 Å². The molecule has 8 nitrogen and oxygen atoms in total. The predicted molar refractivity (Wildman–Crippen MR) is 149 cm³/mol. The number of aryl methyl sites for hydroxylation is 3. The number of hydrogen-bond donors (Lipinski definition) is 1. The molecule has 2 aromatic heterocycles. The van der Waals surface area contributed by atoms with Gasteiger partial charge in [0.1, 0.15) is 0 Å². The number of H-pyrrole nitrogens is 1. The summed E-state index contributed by atoms with van der Waals surface area (Å²) in [5.74, 6) is 0.830. The van der Waals surface area contributed by atoms with Crippen LogP contribution in [-0.2, 0) is 24.2 Å². The van der Waals surface area contributed by atoms with E-state index < -0.39 is 0 Å². The lowest BCUT2D eigenvalue weighted by Crippen LogP contribution is -2.35. The highest BCUT2D eigenvalue weighted by Gasteiger charge is 2.27. The van der Waals surface area contributed by atoms with E-state index in [1.54, 1.807) is 0 Å². The van der Waals surface area contributed by atoms with E-state index in [9.17, 15) is 4.79 Å². The molecule has 2 aromatic carbocycles.